The molecule has 0 saturated carbocycles. The van der Waals surface area contributed by atoms with Gasteiger partial charge in [0, 0.05) is 23.1 Å². The molecule has 1 heterocycles. The monoisotopic (exact) mass is 427 g/mol. The number of amides is 2. The highest BCUT2D eigenvalue weighted by Gasteiger charge is 2.14. The molecule has 0 saturated heterocycles. The predicted molar refractivity (Wildman–Crippen MR) is 125 cm³/mol. The molecule has 4 aromatic rings. The molecule has 0 fully saturated rings. The van der Waals surface area contributed by atoms with Gasteiger partial charge >= 0.3 is 0 Å². The summed E-state index contributed by atoms with van der Waals surface area (Å²) >= 11 is 0. The van der Waals surface area contributed by atoms with Crippen LogP contribution >= 0.6 is 0 Å². The molecule has 0 bridgehead atoms. The number of nitrogens with zero attached hydrogens (tertiary/aromatic N) is 1. The molecule has 0 spiro atoms. The Hall–Kier alpha value is -4.06. The summed E-state index contributed by atoms with van der Waals surface area (Å²) in [7, 11) is 1.61. The normalized spacial score (nSPS) is 10.7. The van der Waals surface area contributed by atoms with Crippen LogP contribution in [-0.4, -0.2) is 30.0 Å². The number of benzene rings is 3. The van der Waals surface area contributed by atoms with Crippen molar-refractivity contribution in [2.75, 3.05) is 13.7 Å². The van der Waals surface area contributed by atoms with Gasteiger partial charge in [-0.05, 0) is 35.4 Å². The summed E-state index contributed by atoms with van der Waals surface area (Å²) in [4.78, 5) is 24.9. The predicted octanol–water partition coefficient (Wildman–Crippen LogP) is 3.75. The third-order valence-corrected chi connectivity index (χ3v) is 5.28. The Morgan fingerprint density at radius 2 is 1.56 bits per heavy atom. The van der Waals surface area contributed by atoms with Crippen molar-refractivity contribution < 1.29 is 14.3 Å². The summed E-state index contributed by atoms with van der Waals surface area (Å²) in [6.07, 6.45) is 0. The number of para-hydroxylation sites is 1. The second kappa shape index (κ2) is 9.83. The van der Waals surface area contributed by atoms with E-state index in [-0.39, 0.29) is 24.9 Å². The topological polar surface area (TPSA) is 72.4 Å². The Morgan fingerprint density at radius 3 is 2.31 bits per heavy atom. The average Bonchev–Trinajstić information content (AvgIpc) is 3.20. The molecule has 0 aliphatic heterocycles. The lowest BCUT2D eigenvalue weighted by Gasteiger charge is -2.12. The van der Waals surface area contributed by atoms with Gasteiger partial charge in [-0.2, -0.15) is 0 Å². The standard InChI is InChI=1S/C26H25N3O3/c1-32-22-13-11-19(12-14-22)16-27-25(30)17-28-26(31)18-29-23-10-6-5-9-21(23)15-24(29)20-7-3-2-4-8-20/h2-15H,16-18H2,1H3,(H,27,30)(H,28,31). The van der Waals surface area contributed by atoms with Crippen molar-refractivity contribution in [1.29, 1.82) is 0 Å². The number of ether oxygens (including phenoxy) is 1. The van der Waals surface area contributed by atoms with E-state index in [4.69, 9.17) is 4.74 Å². The fourth-order valence-corrected chi connectivity index (χ4v) is 3.61. The molecule has 0 aliphatic rings. The SMILES string of the molecule is COc1ccc(CNC(=O)CNC(=O)Cn2c(-c3ccccc3)cc3ccccc32)cc1. The van der Waals surface area contributed by atoms with Crippen molar-refractivity contribution in [3.05, 3.63) is 90.5 Å². The first-order chi connectivity index (χ1) is 15.6. The quantitative estimate of drug-likeness (QED) is 0.450. The molecule has 0 radical (unpaired) electrons. The third kappa shape index (κ3) is 4.98. The minimum absolute atomic E-state index is 0.0745. The van der Waals surface area contributed by atoms with Gasteiger partial charge in [-0.3, -0.25) is 9.59 Å². The molecule has 6 nitrogen and oxygen atoms in total. The molecule has 162 valence electrons. The fraction of sp³-hybridized carbons (Fsp3) is 0.154. The highest BCUT2D eigenvalue weighted by Crippen LogP contribution is 2.28. The van der Waals surface area contributed by atoms with Crippen molar-refractivity contribution in [2.45, 2.75) is 13.1 Å². The van der Waals surface area contributed by atoms with Crippen molar-refractivity contribution in [3.63, 3.8) is 0 Å². The fourth-order valence-electron chi connectivity index (χ4n) is 3.61. The van der Waals surface area contributed by atoms with E-state index in [1.165, 1.54) is 0 Å². The van der Waals surface area contributed by atoms with Gasteiger partial charge in [-0.15, -0.1) is 0 Å². The van der Waals surface area contributed by atoms with Crippen molar-refractivity contribution in [2.24, 2.45) is 0 Å². The lowest BCUT2D eigenvalue weighted by Crippen LogP contribution is -2.38. The van der Waals surface area contributed by atoms with Crippen LogP contribution in [-0.2, 0) is 22.7 Å². The molecule has 6 heteroatoms. The number of carbonyl (C=O) groups excluding carboxylic acids is 2. The van der Waals surface area contributed by atoms with E-state index in [9.17, 15) is 9.59 Å². The zero-order valence-corrected chi connectivity index (χ0v) is 17.9. The van der Waals surface area contributed by atoms with E-state index in [1.807, 2.05) is 83.4 Å². The number of methoxy groups -OCH3 is 1. The van der Waals surface area contributed by atoms with Gasteiger partial charge in [-0.25, -0.2) is 0 Å². The second-order valence-corrected chi connectivity index (χ2v) is 7.44. The molecular formula is C26H25N3O3. The van der Waals surface area contributed by atoms with Gasteiger partial charge in [0.2, 0.25) is 11.8 Å². The first kappa shape index (κ1) is 21.2. The Bertz CT molecular complexity index is 1210. The van der Waals surface area contributed by atoms with Crippen LogP contribution in [0.3, 0.4) is 0 Å². The van der Waals surface area contributed by atoms with Gasteiger partial charge in [0.1, 0.15) is 12.3 Å². The summed E-state index contributed by atoms with van der Waals surface area (Å²) in [6, 6.07) is 27.5. The summed E-state index contributed by atoms with van der Waals surface area (Å²) in [5, 5.41) is 6.61. The number of hydrogen-bond donors (Lipinski definition) is 2. The summed E-state index contributed by atoms with van der Waals surface area (Å²) < 4.78 is 7.11. The highest BCUT2D eigenvalue weighted by atomic mass is 16.5. The average molecular weight is 428 g/mol. The molecule has 0 unspecified atom stereocenters. The number of nitrogens with one attached hydrogen (secondary N) is 2. The van der Waals surface area contributed by atoms with E-state index in [1.54, 1.807) is 7.11 Å². The van der Waals surface area contributed by atoms with Gasteiger partial charge in [0.15, 0.2) is 0 Å². The lowest BCUT2D eigenvalue weighted by atomic mass is 10.1. The highest BCUT2D eigenvalue weighted by molar-refractivity contribution is 5.90. The smallest absolute Gasteiger partial charge is 0.240 e. The summed E-state index contributed by atoms with van der Waals surface area (Å²) in [5.74, 6) is 0.303. The van der Waals surface area contributed by atoms with E-state index in [2.05, 4.69) is 16.7 Å². The molecule has 2 N–H and O–H groups in total. The Kier molecular flexibility index (Phi) is 6.51. The van der Waals surface area contributed by atoms with Gasteiger partial charge in [0.05, 0.1) is 13.7 Å². The minimum atomic E-state index is -0.241. The maximum atomic E-state index is 12.7. The molecule has 0 atom stereocenters. The molecule has 3 aromatic carbocycles. The maximum Gasteiger partial charge on any atom is 0.240 e. The second-order valence-electron chi connectivity index (χ2n) is 7.44. The van der Waals surface area contributed by atoms with Gasteiger partial charge in [0.25, 0.3) is 0 Å². The zero-order valence-electron chi connectivity index (χ0n) is 17.9. The minimum Gasteiger partial charge on any atom is -0.497 e. The largest absolute Gasteiger partial charge is 0.497 e. The van der Waals surface area contributed by atoms with E-state index < -0.39 is 0 Å². The maximum absolute atomic E-state index is 12.7. The number of rotatable bonds is 8. The number of aromatic nitrogens is 1. The molecule has 1 aromatic heterocycles. The molecular weight excluding hydrogens is 402 g/mol. The van der Waals surface area contributed by atoms with E-state index in [0.717, 1.165) is 33.5 Å². The van der Waals surface area contributed by atoms with Crippen LogP contribution in [0, 0.1) is 0 Å². The first-order valence-electron chi connectivity index (χ1n) is 10.4. The van der Waals surface area contributed by atoms with E-state index >= 15 is 0 Å². The van der Waals surface area contributed by atoms with Crippen molar-refractivity contribution in [1.82, 2.24) is 15.2 Å². The van der Waals surface area contributed by atoms with Crippen LogP contribution in [0.25, 0.3) is 22.2 Å². The molecule has 0 aliphatic carbocycles. The molecule has 4 rings (SSSR count). The van der Waals surface area contributed by atoms with Crippen molar-refractivity contribution in [3.8, 4) is 17.0 Å². The lowest BCUT2D eigenvalue weighted by molar-refractivity contribution is -0.126. The Balaban J connectivity index is 1.38. The van der Waals surface area contributed by atoms with Crippen molar-refractivity contribution >= 4 is 22.7 Å². The summed E-state index contributed by atoms with van der Waals surface area (Å²) in [6.45, 7) is 0.442. The van der Waals surface area contributed by atoms with Gasteiger partial charge in [-0.1, -0.05) is 60.7 Å². The third-order valence-electron chi connectivity index (χ3n) is 5.28. The Morgan fingerprint density at radius 1 is 0.844 bits per heavy atom. The van der Waals surface area contributed by atoms with E-state index in [0.29, 0.717) is 6.54 Å². The number of hydrogen-bond acceptors (Lipinski definition) is 3. The Labute approximate surface area is 186 Å². The van der Waals surface area contributed by atoms with Crippen LogP contribution < -0.4 is 15.4 Å². The molecule has 2 amide bonds. The number of carbonyl (C=O) groups is 2. The molecule has 32 heavy (non-hydrogen) atoms. The zero-order chi connectivity index (χ0) is 22.3. The van der Waals surface area contributed by atoms with Crippen LogP contribution in [0.5, 0.6) is 5.75 Å². The van der Waals surface area contributed by atoms with Gasteiger partial charge < -0.3 is 19.9 Å². The number of fused-ring (bicyclic) bond motifs is 1. The van der Waals surface area contributed by atoms with Crippen LogP contribution in [0.15, 0.2) is 84.9 Å². The summed E-state index contributed by atoms with van der Waals surface area (Å²) in [5.41, 5.74) is 3.93. The first-order valence-corrected chi connectivity index (χ1v) is 10.4. The van der Waals surface area contributed by atoms with Crippen LogP contribution in [0.2, 0.25) is 0 Å². The van der Waals surface area contributed by atoms with Crippen LogP contribution in [0.4, 0.5) is 0 Å². The van der Waals surface area contributed by atoms with Crippen LogP contribution in [0.1, 0.15) is 5.56 Å².